The fourth-order valence-electron chi connectivity index (χ4n) is 1.53. The number of carbonyl (C=O) groups is 1. The Morgan fingerprint density at radius 2 is 2.44 bits per heavy atom. The van der Waals surface area contributed by atoms with E-state index >= 15 is 0 Å². The van der Waals surface area contributed by atoms with Crippen LogP contribution in [0.4, 0.5) is 5.95 Å². The second-order valence-corrected chi connectivity index (χ2v) is 3.39. The molecule has 0 fully saturated rings. The van der Waals surface area contributed by atoms with Crippen LogP contribution in [0.2, 0.25) is 0 Å². The highest BCUT2D eigenvalue weighted by atomic mass is 16.1. The Hall–Kier alpha value is -2.11. The molecule has 0 saturated carbocycles. The third-order valence-electron chi connectivity index (χ3n) is 2.37. The molecule has 16 heavy (non-hydrogen) atoms. The largest absolute Gasteiger partial charge is 0.369 e. The molecular formula is C10H13N5O. The number of fused-ring (bicyclic) bond motifs is 1. The highest BCUT2D eigenvalue weighted by Gasteiger charge is 2.09. The van der Waals surface area contributed by atoms with Crippen molar-refractivity contribution in [3.05, 3.63) is 18.3 Å². The number of aryl methyl sites for hydroxylation is 1. The Bertz CT molecular complexity index is 519. The van der Waals surface area contributed by atoms with E-state index < -0.39 is 0 Å². The van der Waals surface area contributed by atoms with Crippen molar-refractivity contribution in [1.29, 1.82) is 0 Å². The number of hydrogen-bond acceptors (Lipinski definition) is 4. The molecule has 1 amide bonds. The van der Waals surface area contributed by atoms with Crippen LogP contribution in [-0.4, -0.2) is 27.5 Å². The van der Waals surface area contributed by atoms with Gasteiger partial charge in [0.1, 0.15) is 5.52 Å². The summed E-state index contributed by atoms with van der Waals surface area (Å²) in [4.78, 5) is 19.5. The number of pyridine rings is 1. The average molecular weight is 219 g/mol. The minimum absolute atomic E-state index is 0.0304. The summed E-state index contributed by atoms with van der Waals surface area (Å²) in [6.45, 7) is 0.485. The first-order valence-corrected chi connectivity index (χ1v) is 4.99. The molecule has 84 valence electrons. The van der Waals surface area contributed by atoms with Crippen LogP contribution in [0.1, 0.15) is 6.42 Å². The molecule has 2 rings (SSSR count). The molecule has 2 aromatic rings. The summed E-state index contributed by atoms with van der Waals surface area (Å²) in [5.74, 6) is 0.356. The van der Waals surface area contributed by atoms with E-state index in [1.165, 1.54) is 0 Å². The van der Waals surface area contributed by atoms with Crippen LogP contribution in [0.15, 0.2) is 18.3 Å². The highest BCUT2D eigenvalue weighted by Crippen LogP contribution is 2.14. The number of nitrogens with zero attached hydrogens (tertiary/aromatic N) is 3. The first kappa shape index (κ1) is 10.4. The van der Waals surface area contributed by atoms with Crippen molar-refractivity contribution in [2.45, 2.75) is 13.0 Å². The van der Waals surface area contributed by atoms with Gasteiger partial charge in [-0.3, -0.25) is 9.36 Å². The lowest BCUT2D eigenvalue weighted by molar-refractivity contribution is -0.120. The molecule has 0 aromatic carbocycles. The zero-order chi connectivity index (χ0) is 11.5. The number of nitrogens with two attached hydrogens (primary N) is 1. The molecule has 0 atom stereocenters. The number of aromatic nitrogens is 3. The van der Waals surface area contributed by atoms with Crippen LogP contribution in [0.5, 0.6) is 0 Å². The van der Waals surface area contributed by atoms with Gasteiger partial charge < -0.3 is 11.1 Å². The summed E-state index contributed by atoms with van der Waals surface area (Å²) in [5.41, 5.74) is 7.22. The molecular weight excluding hydrogens is 206 g/mol. The van der Waals surface area contributed by atoms with Crippen molar-refractivity contribution >= 4 is 23.0 Å². The Labute approximate surface area is 92.5 Å². The van der Waals surface area contributed by atoms with Gasteiger partial charge in [-0.25, -0.2) is 9.97 Å². The Kier molecular flexibility index (Phi) is 2.72. The zero-order valence-electron chi connectivity index (χ0n) is 8.97. The second-order valence-electron chi connectivity index (χ2n) is 3.39. The van der Waals surface area contributed by atoms with Gasteiger partial charge in [0.15, 0.2) is 5.65 Å². The Morgan fingerprint density at radius 3 is 3.19 bits per heavy atom. The van der Waals surface area contributed by atoms with E-state index in [1.807, 2.05) is 6.07 Å². The van der Waals surface area contributed by atoms with Gasteiger partial charge in [-0.2, -0.15) is 0 Å². The topological polar surface area (TPSA) is 85.8 Å². The lowest BCUT2D eigenvalue weighted by Gasteiger charge is -2.04. The van der Waals surface area contributed by atoms with Gasteiger partial charge in [-0.05, 0) is 12.1 Å². The number of imidazole rings is 1. The molecule has 2 heterocycles. The molecule has 3 N–H and O–H groups in total. The van der Waals surface area contributed by atoms with E-state index in [1.54, 1.807) is 23.9 Å². The number of rotatable bonds is 3. The van der Waals surface area contributed by atoms with E-state index in [0.717, 1.165) is 5.52 Å². The van der Waals surface area contributed by atoms with Gasteiger partial charge in [-0.1, -0.05) is 0 Å². The third-order valence-corrected chi connectivity index (χ3v) is 2.37. The quantitative estimate of drug-likeness (QED) is 0.769. The summed E-state index contributed by atoms with van der Waals surface area (Å²) in [7, 11) is 1.61. The van der Waals surface area contributed by atoms with Gasteiger partial charge in [0, 0.05) is 26.2 Å². The highest BCUT2D eigenvalue weighted by molar-refractivity contribution is 5.77. The first-order valence-electron chi connectivity index (χ1n) is 4.99. The van der Waals surface area contributed by atoms with Gasteiger partial charge in [0.2, 0.25) is 11.9 Å². The maximum Gasteiger partial charge on any atom is 0.221 e. The predicted molar refractivity (Wildman–Crippen MR) is 60.6 cm³/mol. The van der Waals surface area contributed by atoms with E-state index in [2.05, 4.69) is 15.3 Å². The number of nitrogen functional groups attached to an aromatic ring is 1. The summed E-state index contributed by atoms with van der Waals surface area (Å²) >= 11 is 0. The van der Waals surface area contributed by atoms with Crippen molar-refractivity contribution in [1.82, 2.24) is 19.9 Å². The third kappa shape index (κ3) is 1.81. The van der Waals surface area contributed by atoms with Crippen molar-refractivity contribution in [2.24, 2.45) is 0 Å². The maximum absolute atomic E-state index is 11.1. The minimum Gasteiger partial charge on any atom is -0.369 e. The lowest BCUT2D eigenvalue weighted by atomic mass is 10.4. The van der Waals surface area contributed by atoms with Crippen molar-refractivity contribution in [3.63, 3.8) is 0 Å². The average Bonchev–Trinajstić information content (AvgIpc) is 2.62. The van der Waals surface area contributed by atoms with E-state index in [9.17, 15) is 4.79 Å². The Morgan fingerprint density at radius 1 is 1.62 bits per heavy atom. The molecule has 0 aliphatic carbocycles. The minimum atomic E-state index is -0.0304. The van der Waals surface area contributed by atoms with Crippen molar-refractivity contribution in [2.75, 3.05) is 12.8 Å². The maximum atomic E-state index is 11.1. The van der Waals surface area contributed by atoms with Crippen LogP contribution in [-0.2, 0) is 11.3 Å². The lowest BCUT2D eigenvalue weighted by Crippen LogP contribution is -2.20. The van der Waals surface area contributed by atoms with Gasteiger partial charge in [0.05, 0.1) is 0 Å². The van der Waals surface area contributed by atoms with Crippen molar-refractivity contribution < 1.29 is 4.79 Å². The number of amides is 1. The van der Waals surface area contributed by atoms with Crippen LogP contribution in [0, 0.1) is 0 Å². The standard InChI is InChI=1S/C10H13N5O/c1-12-8(16)4-6-15-9-7(14-10(15)11)3-2-5-13-9/h2-3,5H,4,6H2,1H3,(H2,11,14)(H,12,16). The van der Waals surface area contributed by atoms with Gasteiger partial charge >= 0.3 is 0 Å². The van der Waals surface area contributed by atoms with Crippen molar-refractivity contribution in [3.8, 4) is 0 Å². The molecule has 0 radical (unpaired) electrons. The molecule has 6 nitrogen and oxygen atoms in total. The predicted octanol–water partition coefficient (Wildman–Crippen LogP) is 0.150. The summed E-state index contributed by atoms with van der Waals surface area (Å²) in [6, 6.07) is 3.65. The molecule has 0 spiro atoms. The summed E-state index contributed by atoms with van der Waals surface area (Å²) in [6.07, 6.45) is 2.04. The molecule has 0 bridgehead atoms. The Balaban J connectivity index is 2.29. The van der Waals surface area contributed by atoms with Crippen LogP contribution >= 0.6 is 0 Å². The number of carbonyl (C=O) groups excluding carboxylic acids is 1. The fourth-order valence-corrected chi connectivity index (χ4v) is 1.53. The molecule has 0 aliphatic rings. The number of hydrogen-bond donors (Lipinski definition) is 2. The van der Waals surface area contributed by atoms with Gasteiger partial charge in [-0.15, -0.1) is 0 Å². The van der Waals surface area contributed by atoms with E-state index in [4.69, 9.17) is 5.73 Å². The molecule has 6 heteroatoms. The first-order chi connectivity index (χ1) is 7.72. The van der Waals surface area contributed by atoms with E-state index in [0.29, 0.717) is 24.6 Å². The number of anilines is 1. The van der Waals surface area contributed by atoms with Crippen LogP contribution in [0.3, 0.4) is 0 Å². The molecule has 0 unspecified atom stereocenters. The smallest absolute Gasteiger partial charge is 0.221 e. The monoisotopic (exact) mass is 219 g/mol. The second kappa shape index (κ2) is 4.18. The number of nitrogens with one attached hydrogen (secondary N) is 1. The zero-order valence-corrected chi connectivity index (χ0v) is 8.97. The normalized spacial score (nSPS) is 10.6. The fraction of sp³-hybridized carbons (Fsp3) is 0.300. The summed E-state index contributed by atoms with van der Waals surface area (Å²) < 4.78 is 1.74. The van der Waals surface area contributed by atoms with E-state index in [-0.39, 0.29) is 5.91 Å². The van der Waals surface area contributed by atoms with Crippen LogP contribution in [0.25, 0.3) is 11.2 Å². The summed E-state index contributed by atoms with van der Waals surface area (Å²) in [5, 5.41) is 2.56. The van der Waals surface area contributed by atoms with Crippen LogP contribution < -0.4 is 11.1 Å². The molecule has 0 aliphatic heterocycles. The molecule has 2 aromatic heterocycles. The van der Waals surface area contributed by atoms with Gasteiger partial charge in [0.25, 0.3) is 0 Å². The molecule has 0 saturated heterocycles. The SMILES string of the molecule is CNC(=O)CCn1c(N)nc2cccnc21.